The maximum atomic E-state index is 10.7. The standard InChI is InChI=1S/C21H17ClN2O3/c1-15-6-9-18(22)12-20(15)23-13-17-4-2-3-5-21(17)27-14-16-7-10-19(11-8-16)24(25)26/h2-13H,14H2,1H3. The topological polar surface area (TPSA) is 64.7 Å². The molecule has 0 N–H and O–H groups in total. The summed E-state index contributed by atoms with van der Waals surface area (Å²) in [7, 11) is 0. The van der Waals surface area contributed by atoms with Crippen molar-refractivity contribution >= 4 is 29.2 Å². The van der Waals surface area contributed by atoms with Crippen LogP contribution in [0.25, 0.3) is 0 Å². The van der Waals surface area contributed by atoms with Crippen molar-refractivity contribution in [1.29, 1.82) is 0 Å². The van der Waals surface area contributed by atoms with Gasteiger partial charge in [-0.25, -0.2) is 0 Å². The highest BCUT2D eigenvalue weighted by Gasteiger charge is 2.06. The van der Waals surface area contributed by atoms with Gasteiger partial charge in [-0.05, 0) is 54.4 Å². The molecule has 0 saturated carbocycles. The molecule has 6 heteroatoms. The molecule has 0 unspecified atom stereocenters. The van der Waals surface area contributed by atoms with Gasteiger partial charge in [0.25, 0.3) is 5.69 Å². The van der Waals surface area contributed by atoms with Gasteiger partial charge in [0.2, 0.25) is 0 Å². The Labute approximate surface area is 162 Å². The van der Waals surface area contributed by atoms with Gasteiger partial charge in [0.15, 0.2) is 0 Å². The van der Waals surface area contributed by atoms with E-state index in [0.29, 0.717) is 17.4 Å². The van der Waals surface area contributed by atoms with Crippen molar-refractivity contribution in [1.82, 2.24) is 0 Å². The number of non-ortho nitro benzene ring substituents is 1. The fourth-order valence-electron chi connectivity index (χ4n) is 2.45. The minimum absolute atomic E-state index is 0.0585. The van der Waals surface area contributed by atoms with Gasteiger partial charge in [0.05, 0.1) is 10.6 Å². The van der Waals surface area contributed by atoms with Gasteiger partial charge in [0, 0.05) is 28.9 Å². The quantitative estimate of drug-likeness (QED) is 0.304. The number of rotatable bonds is 6. The predicted octanol–water partition coefficient (Wildman–Crippen LogP) is 5.89. The van der Waals surface area contributed by atoms with Crippen molar-refractivity contribution in [2.45, 2.75) is 13.5 Å². The Morgan fingerprint density at radius 1 is 1.11 bits per heavy atom. The smallest absolute Gasteiger partial charge is 0.269 e. The lowest BCUT2D eigenvalue weighted by Crippen LogP contribution is -1.98. The van der Waals surface area contributed by atoms with Crippen LogP contribution in [0.5, 0.6) is 5.75 Å². The molecule has 0 aromatic heterocycles. The number of nitro benzene ring substituents is 1. The molecule has 0 aliphatic carbocycles. The first-order chi connectivity index (χ1) is 13.0. The van der Waals surface area contributed by atoms with Crippen molar-refractivity contribution < 1.29 is 9.66 Å². The van der Waals surface area contributed by atoms with E-state index >= 15 is 0 Å². The first-order valence-corrected chi connectivity index (χ1v) is 8.66. The number of hydrogen-bond acceptors (Lipinski definition) is 4. The zero-order valence-electron chi connectivity index (χ0n) is 14.6. The molecule has 3 aromatic rings. The van der Waals surface area contributed by atoms with Crippen molar-refractivity contribution in [2.24, 2.45) is 4.99 Å². The van der Waals surface area contributed by atoms with Crippen LogP contribution in [0.1, 0.15) is 16.7 Å². The van der Waals surface area contributed by atoms with Crippen LogP contribution in [0.15, 0.2) is 71.7 Å². The minimum Gasteiger partial charge on any atom is -0.488 e. The SMILES string of the molecule is Cc1ccc(Cl)cc1N=Cc1ccccc1OCc1ccc([N+](=O)[O-])cc1. The van der Waals surface area contributed by atoms with Crippen molar-refractivity contribution in [3.63, 3.8) is 0 Å². The number of nitrogens with zero attached hydrogens (tertiary/aromatic N) is 2. The molecular formula is C21H17ClN2O3. The third-order valence-electron chi connectivity index (χ3n) is 3.97. The number of para-hydroxylation sites is 1. The van der Waals surface area contributed by atoms with Crippen molar-refractivity contribution in [2.75, 3.05) is 0 Å². The summed E-state index contributed by atoms with van der Waals surface area (Å²) in [6.07, 6.45) is 1.74. The lowest BCUT2D eigenvalue weighted by Gasteiger charge is -2.09. The molecular weight excluding hydrogens is 364 g/mol. The first kappa shape index (κ1) is 18.6. The Balaban J connectivity index is 1.75. The van der Waals surface area contributed by atoms with Crippen LogP contribution in [0, 0.1) is 17.0 Å². The van der Waals surface area contributed by atoms with E-state index in [0.717, 1.165) is 22.4 Å². The van der Waals surface area contributed by atoms with Crippen molar-refractivity contribution in [3.8, 4) is 5.75 Å². The van der Waals surface area contributed by atoms with Gasteiger partial charge >= 0.3 is 0 Å². The van der Waals surface area contributed by atoms with Crippen molar-refractivity contribution in [3.05, 3.63) is 98.6 Å². The maximum absolute atomic E-state index is 10.7. The molecule has 27 heavy (non-hydrogen) atoms. The largest absolute Gasteiger partial charge is 0.488 e. The molecule has 0 atom stereocenters. The molecule has 136 valence electrons. The second-order valence-corrected chi connectivity index (χ2v) is 6.38. The number of benzene rings is 3. The molecule has 0 amide bonds. The summed E-state index contributed by atoms with van der Waals surface area (Å²) < 4.78 is 5.88. The lowest BCUT2D eigenvalue weighted by molar-refractivity contribution is -0.384. The van der Waals surface area contributed by atoms with E-state index in [9.17, 15) is 10.1 Å². The molecule has 3 rings (SSSR count). The molecule has 0 aliphatic heterocycles. The summed E-state index contributed by atoms with van der Waals surface area (Å²) in [4.78, 5) is 14.8. The Morgan fingerprint density at radius 2 is 1.85 bits per heavy atom. The summed E-state index contributed by atoms with van der Waals surface area (Å²) in [6.45, 7) is 2.28. The number of nitro groups is 1. The molecule has 3 aromatic carbocycles. The van der Waals surface area contributed by atoms with Crippen LogP contribution in [0.4, 0.5) is 11.4 Å². The highest BCUT2D eigenvalue weighted by molar-refractivity contribution is 6.30. The third kappa shape index (κ3) is 4.92. The van der Waals surface area contributed by atoms with Crippen LogP contribution in [0.3, 0.4) is 0 Å². The first-order valence-electron chi connectivity index (χ1n) is 8.28. The second kappa shape index (κ2) is 8.47. The normalized spacial score (nSPS) is 10.9. The highest BCUT2D eigenvalue weighted by atomic mass is 35.5. The fraction of sp³-hybridized carbons (Fsp3) is 0.0952. The van der Waals surface area contributed by atoms with Crippen LogP contribution < -0.4 is 4.74 Å². The van der Waals surface area contributed by atoms with E-state index in [-0.39, 0.29) is 5.69 Å². The third-order valence-corrected chi connectivity index (χ3v) is 4.21. The summed E-state index contributed by atoms with van der Waals surface area (Å²) >= 11 is 6.04. The van der Waals surface area contributed by atoms with Crippen LogP contribution in [0.2, 0.25) is 5.02 Å². The summed E-state index contributed by atoms with van der Waals surface area (Å²) in [5, 5.41) is 11.4. The zero-order chi connectivity index (χ0) is 19.2. The zero-order valence-corrected chi connectivity index (χ0v) is 15.4. The van der Waals surface area contributed by atoms with E-state index in [1.807, 2.05) is 49.4 Å². The van der Waals surface area contributed by atoms with Gasteiger partial charge < -0.3 is 4.74 Å². The molecule has 5 nitrogen and oxygen atoms in total. The molecule has 0 fully saturated rings. The fourth-order valence-corrected chi connectivity index (χ4v) is 2.62. The summed E-state index contributed by atoms with van der Waals surface area (Å²) in [6, 6.07) is 19.4. The molecule has 0 spiro atoms. The monoisotopic (exact) mass is 380 g/mol. The predicted molar refractivity (Wildman–Crippen MR) is 107 cm³/mol. The van der Waals surface area contributed by atoms with Gasteiger partial charge in [0.1, 0.15) is 12.4 Å². The maximum Gasteiger partial charge on any atom is 0.269 e. The van der Waals surface area contributed by atoms with E-state index < -0.39 is 4.92 Å². The Bertz CT molecular complexity index is 985. The Hall–Kier alpha value is -3.18. The average molecular weight is 381 g/mol. The van der Waals surface area contributed by atoms with E-state index in [4.69, 9.17) is 16.3 Å². The second-order valence-electron chi connectivity index (χ2n) is 5.94. The van der Waals surface area contributed by atoms with Crippen LogP contribution >= 0.6 is 11.6 Å². The number of ether oxygens (including phenoxy) is 1. The molecule has 0 aliphatic rings. The van der Waals surface area contributed by atoms with E-state index in [1.54, 1.807) is 18.3 Å². The molecule has 0 heterocycles. The number of hydrogen-bond donors (Lipinski definition) is 0. The van der Waals surface area contributed by atoms with Gasteiger partial charge in [-0.2, -0.15) is 0 Å². The Kier molecular flexibility index (Phi) is 5.84. The number of aryl methyl sites for hydroxylation is 1. The molecule has 0 radical (unpaired) electrons. The summed E-state index contributed by atoms with van der Waals surface area (Å²) in [5.74, 6) is 0.680. The lowest BCUT2D eigenvalue weighted by atomic mass is 10.2. The summed E-state index contributed by atoms with van der Waals surface area (Å²) in [5.41, 5.74) is 3.56. The van der Waals surface area contributed by atoms with Gasteiger partial charge in [-0.3, -0.25) is 15.1 Å². The van der Waals surface area contributed by atoms with E-state index in [2.05, 4.69) is 4.99 Å². The number of aliphatic imine (C=N–C) groups is 1. The highest BCUT2D eigenvalue weighted by Crippen LogP contribution is 2.24. The Morgan fingerprint density at radius 3 is 2.59 bits per heavy atom. The van der Waals surface area contributed by atoms with E-state index in [1.165, 1.54) is 12.1 Å². The van der Waals surface area contributed by atoms with Crippen LogP contribution in [-0.2, 0) is 6.61 Å². The number of halogens is 1. The van der Waals surface area contributed by atoms with Gasteiger partial charge in [-0.15, -0.1) is 0 Å². The minimum atomic E-state index is -0.422. The van der Waals surface area contributed by atoms with Gasteiger partial charge in [-0.1, -0.05) is 29.8 Å². The van der Waals surface area contributed by atoms with Crippen LogP contribution in [-0.4, -0.2) is 11.1 Å². The average Bonchev–Trinajstić information content (AvgIpc) is 2.68. The molecule has 0 bridgehead atoms. The molecule has 0 saturated heterocycles.